The van der Waals surface area contributed by atoms with Gasteiger partial charge in [-0.3, -0.25) is 0 Å². The van der Waals surface area contributed by atoms with Crippen molar-refractivity contribution in [2.45, 2.75) is 6.92 Å². The Bertz CT molecular complexity index is 363. The van der Waals surface area contributed by atoms with Crippen LogP contribution in [0, 0.1) is 13.5 Å². The highest BCUT2D eigenvalue weighted by atomic mass is 16.4. The summed E-state index contributed by atoms with van der Waals surface area (Å²) in [6.07, 6.45) is 0. The van der Waals surface area contributed by atoms with Crippen LogP contribution in [0.15, 0.2) is 18.2 Å². The van der Waals surface area contributed by atoms with Crippen LogP contribution in [0.25, 0.3) is 4.85 Å². The van der Waals surface area contributed by atoms with Crippen molar-refractivity contribution in [1.82, 2.24) is 0 Å². The largest absolute Gasteiger partial charge is 0.478 e. The van der Waals surface area contributed by atoms with Crippen molar-refractivity contribution in [2.24, 2.45) is 0 Å². The number of carbonyl (C=O) groups is 1. The summed E-state index contributed by atoms with van der Waals surface area (Å²) >= 11 is 0. The van der Waals surface area contributed by atoms with E-state index < -0.39 is 5.97 Å². The summed E-state index contributed by atoms with van der Waals surface area (Å²) in [6, 6.07) is 4.52. The van der Waals surface area contributed by atoms with Crippen molar-refractivity contribution in [3.63, 3.8) is 0 Å². The summed E-state index contributed by atoms with van der Waals surface area (Å²) in [6.45, 7) is 8.37. The van der Waals surface area contributed by atoms with E-state index in [1.54, 1.807) is 13.0 Å². The highest BCUT2D eigenvalue weighted by Gasteiger charge is 2.05. The molecule has 0 atom stereocenters. The number of hydrogen-bond acceptors (Lipinski definition) is 1. The second-order valence-corrected chi connectivity index (χ2v) is 2.42. The first-order chi connectivity index (χ1) is 5.65. The lowest BCUT2D eigenvalue weighted by molar-refractivity contribution is 0.0696. The maximum Gasteiger partial charge on any atom is 0.335 e. The molecule has 1 N–H and O–H groups in total. The normalized spacial score (nSPS) is 9.00. The number of benzene rings is 1. The Labute approximate surface area is 70.1 Å². The van der Waals surface area contributed by atoms with Gasteiger partial charge in [-0.25, -0.2) is 9.64 Å². The van der Waals surface area contributed by atoms with Crippen LogP contribution in [0.4, 0.5) is 5.69 Å². The molecule has 1 aromatic rings. The number of carboxylic acid groups (broad SMARTS) is 1. The van der Waals surface area contributed by atoms with Gasteiger partial charge in [-0.15, -0.1) is 0 Å². The van der Waals surface area contributed by atoms with Crippen LogP contribution in [0.2, 0.25) is 0 Å². The molecule has 0 unspecified atom stereocenters. The zero-order valence-corrected chi connectivity index (χ0v) is 6.53. The van der Waals surface area contributed by atoms with Crippen LogP contribution < -0.4 is 0 Å². The number of carboxylic acids is 1. The van der Waals surface area contributed by atoms with Crippen molar-refractivity contribution in [2.75, 3.05) is 0 Å². The SMILES string of the molecule is [C-]#[N+]c1ccc(C(=O)O)c(C)c1. The molecule has 0 amide bonds. The maximum absolute atomic E-state index is 10.5. The summed E-state index contributed by atoms with van der Waals surface area (Å²) in [7, 11) is 0. The van der Waals surface area contributed by atoms with Gasteiger partial charge in [0.15, 0.2) is 5.69 Å². The van der Waals surface area contributed by atoms with Gasteiger partial charge in [-0.1, -0.05) is 18.2 Å². The lowest BCUT2D eigenvalue weighted by Crippen LogP contribution is -1.98. The number of aryl methyl sites for hydroxylation is 1. The zero-order valence-electron chi connectivity index (χ0n) is 6.53. The topological polar surface area (TPSA) is 41.7 Å². The minimum Gasteiger partial charge on any atom is -0.478 e. The van der Waals surface area contributed by atoms with Crippen molar-refractivity contribution >= 4 is 11.7 Å². The fourth-order valence-corrected chi connectivity index (χ4v) is 0.957. The summed E-state index contributed by atoms with van der Waals surface area (Å²) in [5, 5.41) is 8.65. The van der Waals surface area contributed by atoms with Gasteiger partial charge in [-0.2, -0.15) is 0 Å². The number of rotatable bonds is 1. The molecule has 3 heteroatoms. The van der Waals surface area contributed by atoms with Gasteiger partial charge in [0.05, 0.1) is 12.1 Å². The summed E-state index contributed by atoms with van der Waals surface area (Å²) < 4.78 is 0. The standard InChI is InChI=1S/C9H7NO2/c1-6-5-7(10-2)3-4-8(6)9(11)12/h3-5H,1H3,(H,11,12). The molecule has 0 aliphatic rings. The van der Waals surface area contributed by atoms with Crippen LogP contribution in [-0.4, -0.2) is 11.1 Å². The summed E-state index contributed by atoms with van der Waals surface area (Å²) in [5.41, 5.74) is 1.34. The second kappa shape index (κ2) is 3.05. The minimum atomic E-state index is -0.955. The minimum absolute atomic E-state index is 0.252. The van der Waals surface area contributed by atoms with Gasteiger partial charge >= 0.3 is 5.97 Å². The van der Waals surface area contributed by atoms with Gasteiger partial charge in [0, 0.05) is 0 Å². The van der Waals surface area contributed by atoms with Gasteiger partial charge in [0.25, 0.3) is 0 Å². The van der Waals surface area contributed by atoms with Crippen LogP contribution in [0.1, 0.15) is 15.9 Å². The van der Waals surface area contributed by atoms with Gasteiger partial charge < -0.3 is 5.11 Å². The Balaban J connectivity index is 3.23. The number of nitrogens with zero attached hydrogens (tertiary/aromatic N) is 1. The summed E-state index contributed by atoms with van der Waals surface area (Å²) in [4.78, 5) is 13.7. The van der Waals surface area contributed by atoms with E-state index in [-0.39, 0.29) is 5.56 Å². The highest BCUT2D eigenvalue weighted by molar-refractivity contribution is 5.89. The average molecular weight is 161 g/mol. The molecule has 1 rings (SSSR count). The van der Waals surface area contributed by atoms with Crippen LogP contribution in [0.3, 0.4) is 0 Å². The van der Waals surface area contributed by atoms with E-state index in [2.05, 4.69) is 4.85 Å². The Morgan fingerprint density at radius 3 is 2.67 bits per heavy atom. The molecule has 0 fully saturated rings. The predicted molar refractivity (Wildman–Crippen MR) is 44.4 cm³/mol. The van der Waals surface area contributed by atoms with E-state index in [1.807, 2.05) is 0 Å². The second-order valence-electron chi connectivity index (χ2n) is 2.42. The fourth-order valence-electron chi connectivity index (χ4n) is 0.957. The van der Waals surface area contributed by atoms with Crippen molar-refractivity contribution in [1.29, 1.82) is 0 Å². The van der Waals surface area contributed by atoms with Crippen LogP contribution in [0.5, 0.6) is 0 Å². The number of aromatic carboxylic acids is 1. The molecule has 0 aromatic heterocycles. The fraction of sp³-hybridized carbons (Fsp3) is 0.111. The summed E-state index contributed by atoms with van der Waals surface area (Å²) in [5.74, 6) is -0.955. The quantitative estimate of drug-likeness (QED) is 0.642. The lowest BCUT2D eigenvalue weighted by Gasteiger charge is -1.99. The van der Waals surface area contributed by atoms with Crippen LogP contribution in [-0.2, 0) is 0 Å². The molecule has 0 saturated carbocycles. The molecule has 0 heterocycles. The van der Waals surface area contributed by atoms with Gasteiger partial charge in [-0.05, 0) is 12.5 Å². The molecule has 0 radical (unpaired) electrons. The molecule has 3 nitrogen and oxygen atoms in total. The molecule has 0 aliphatic heterocycles. The first-order valence-corrected chi connectivity index (χ1v) is 3.36. The molecule has 60 valence electrons. The molecule has 12 heavy (non-hydrogen) atoms. The third kappa shape index (κ3) is 1.43. The van der Waals surface area contributed by atoms with Crippen LogP contribution >= 0.6 is 0 Å². The third-order valence-corrected chi connectivity index (χ3v) is 1.57. The molecule has 0 saturated heterocycles. The first-order valence-electron chi connectivity index (χ1n) is 3.36. The molecular formula is C9H7NO2. The molecule has 0 spiro atoms. The first kappa shape index (κ1) is 8.28. The Hall–Kier alpha value is -1.82. The Morgan fingerprint density at radius 2 is 2.25 bits per heavy atom. The monoisotopic (exact) mass is 161 g/mol. The average Bonchev–Trinajstić information content (AvgIpc) is 2.03. The van der Waals surface area contributed by atoms with E-state index in [4.69, 9.17) is 11.7 Å². The predicted octanol–water partition coefficient (Wildman–Crippen LogP) is 2.24. The molecule has 1 aromatic carbocycles. The maximum atomic E-state index is 10.5. The Morgan fingerprint density at radius 1 is 1.58 bits per heavy atom. The van der Waals surface area contributed by atoms with E-state index >= 15 is 0 Å². The lowest BCUT2D eigenvalue weighted by atomic mass is 10.1. The van der Waals surface area contributed by atoms with Crippen molar-refractivity contribution < 1.29 is 9.90 Å². The molecular weight excluding hydrogens is 154 g/mol. The highest BCUT2D eigenvalue weighted by Crippen LogP contribution is 2.17. The molecule has 0 bridgehead atoms. The van der Waals surface area contributed by atoms with Crippen molar-refractivity contribution in [3.05, 3.63) is 40.7 Å². The Kier molecular flexibility index (Phi) is 2.11. The van der Waals surface area contributed by atoms with Gasteiger partial charge in [0.1, 0.15) is 0 Å². The van der Waals surface area contributed by atoms with E-state index in [0.717, 1.165) is 0 Å². The molecule has 0 aliphatic carbocycles. The third-order valence-electron chi connectivity index (χ3n) is 1.57. The number of hydrogen-bond donors (Lipinski definition) is 1. The van der Waals surface area contributed by atoms with Crippen molar-refractivity contribution in [3.8, 4) is 0 Å². The van der Waals surface area contributed by atoms with Gasteiger partial charge in [0.2, 0.25) is 0 Å². The van der Waals surface area contributed by atoms with E-state index in [1.165, 1.54) is 12.1 Å². The zero-order chi connectivity index (χ0) is 9.14. The van der Waals surface area contributed by atoms with E-state index in [0.29, 0.717) is 11.3 Å². The van der Waals surface area contributed by atoms with E-state index in [9.17, 15) is 4.79 Å². The smallest absolute Gasteiger partial charge is 0.335 e.